The second kappa shape index (κ2) is 12.3. The maximum atomic E-state index is 2.43. The molecule has 0 unspecified atom stereocenters. The van der Waals surface area contributed by atoms with E-state index < -0.39 is 0 Å². The van der Waals surface area contributed by atoms with Crippen molar-refractivity contribution in [2.24, 2.45) is 0 Å². The molecule has 0 heterocycles. The minimum Gasteiger partial charge on any atom is -0.0622 e. The van der Waals surface area contributed by atoms with Gasteiger partial charge in [0.05, 0.1) is 0 Å². The number of fused-ring (bicyclic) bond motifs is 9. The summed E-state index contributed by atoms with van der Waals surface area (Å²) in [6, 6.07) is 76.1. The van der Waals surface area contributed by atoms with Gasteiger partial charge in [0.2, 0.25) is 0 Å². The molecule has 0 aromatic heterocycles. The second-order valence-electron chi connectivity index (χ2n) is 14.4. The van der Waals surface area contributed by atoms with Crippen LogP contribution in [-0.2, 0) is 0 Å². The summed E-state index contributed by atoms with van der Waals surface area (Å²) in [5, 5.41) is 15.3. The Labute approximate surface area is 314 Å². The van der Waals surface area contributed by atoms with Crippen molar-refractivity contribution in [2.75, 3.05) is 0 Å². The number of benzene rings is 11. The predicted molar refractivity (Wildman–Crippen MR) is 233 cm³/mol. The van der Waals surface area contributed by atoms with Crippen LogP contribution in [0.4, 0.5) is 0 Å². The van der Waals surface area contributed by atoms with Crippen LogP contribution < -0.4 is 0 Å². The van der Waals surface area contributed by atoms with Crippen LogP contribution in [0.2, 0.25) is 0 Å². The zero-order valence-corrected chi connectivity index (χ0v) is 29.6. The van der Waals surface area contributed by atoms with Gasteiger partial charge in [-0.3, -0.25) is 0 Å². The van der Waals surface area contributed by atoms with E-state index in [4.69, 9.17) is 0 Å². The highest BCUT2D eigenvalue weighted by atomic mass is 14.2. The van der Waals surface area contributed by atoms with Crippen LogP contribution >= 0.6 is 0 Å². The van der Waals surface area contributed by atoms with Gasteiger partial charge in [0.1, 0.15) is 0 Å². The average Bonchev–Trinajstić information content (AvgIpc) is 3.25. The first-order valence-electron chi connectivity index (χ1n) is 18.8. The molecule has 11 aromatic rings. The van der Waals surface area contributed by atoms with Crippen LogP contribution in [0.15, 0.2) is 206 Å². The number of hydrogen-bond donors (Lipinski definition) is 0. The monoisotopic (exact) mass is 682 g/mol. The summed E-state index contributed by atoms with van der Waals surface area (Å²) in [7, 11) is 0. The highest BCUT2D eigenvalue weighted by Crippen LogP contribution is 2.46. The van der Waals surface area contributed by atoms with Crippen LogP contribution in [0.1, 0.15) is 0 Å². The van der Waals surface area contributed by atoms with E-state index in [0.29, 0.717) is 0 Å². The van der Waals surface area contributed by atoms with Gasteiger partial charge in [0.25, 0.3) is 0 Å². The fourth-order valence-corrected chi connectivity index (χ4v) is 8.99. The van der Waals surface area contributed by atoms with E-state index >= 15 is 0 Å². The second-order valence-corrected chi connectivity index (χ2v) is 14.4. The van der Waals surface area contributed by atoms with E-state index in [9.17, 15) is 0 Å². The minimum absolute atomic E-state index is 1.22. The Morgan fingerprint density at radius 1 is 0.185 bits per heavy atom. The van der Waals surface area contributed by atoms with Crippen LogP contribution in [0.5, 0.6) is 0 Å². The summed E-state index contributed by atoms with van der Waals surface area (Å²) >= 11 is 0. The molecule has 0 spiro atoms. The van der Waals surface area contributed by atoms with Crippen molar-refractivity contribution in [3.63, 3.8) is 0 Å². The molecule has 0 aliphatic heterocycles. The molecule has 0 radical (unpaired) electrons. The van der Waals surface area contributed by atoms with Crippen molar-refractivity contribution in [2.45, 2.75) is 0 Å². The third kappa shape index (κ3) is 4.78. The Morgan fingerprint density at radius 2 is 0.556 bits per heavy atom. The Bertz CT molecular complexity index is 3170. The predicted octanol–water partition coefficient (Wildman–Crippen LogP) is 15.3. The maximum Gasteiger partial charge on any atom is -0.00261 e. The van der Waals surface area contributed by atoms with Crippen molar-refractivity contribution < 1.29 is 0 Å². The van der Waals surface area contributed by atoms with Crippen LogP contribution in [0, 0.1) is 0 Å². The summed E-state index contributed by atoms with van der Waals surface area (Å²) in [4.78, 5) is 0. The first-order chi connectivity index (χ1) is 26.8. The Morgan fingerprint density at radius 3 is 1.11 bits per heavy atom. The lowest BCUT2D eigenvalue weighted by Crippen LogP contribution is -1.92. The van der Waals surface area contributed by atoms with Gasteiger partial charge in [0.15, 0.2) is 0 Å². The molecule has 11 aromatic carbocycles. The number of hydrogen-bond acceptors (Lipinski definition) is 0. The van der Waals surface area contributed by atoms with E-state index in [1.165, 1.54) is 109 Å². The summed E-state index contributed by atoms with van der Waals surface area (Å²) < 4.78 is 0. The minimum atomic E-state index is 1.22. The van der Waals surface area contributed by atoms with Crippen LogP contribution in [0.25, 0.3) is 109 Å². The fraction of sp³-hybridized carbons (Fsp3) is 0. The van der Waals surface area contributed by atoms with E-state index in [-0.39, 0.29) is 0 Å². The molecule has 0 amide bonds. The van der Waals surface area contributed by atoms with Gasteiger partial charge in [-0.25, -0.2) is 0 Å². The van der Waals surface area contributed by atoms with Gasteiger partial charge in [-0.2, -0.15) is 0 Å². The molecule has 0 atom stereocenters. The smallest absolute Gasteiger partial charge is 0.00261 e. The summed E-state index contributed by atoms with van der Waals surface area (Å²) in [6.45, 7) is 0. The van der Waals surface area contributed by atoms with Crippen molar-refractivity contribution in [1.29, 1.82) is 0 Å². The van der Waals surface area contributed by atoms with Crippen LogP contribution in [0.3, 0.4) is 0 Å². The van der Waals surface area contributed by atoms with Gasteiger partial charge < -0.3 is 0 Å². The highest BCUT2D eigenvalue weighted by Gasteiger charge is 2.18. The van der Waals surface area contributed by atoms with Gasteiger partial charge in [-0.15, -0.1) is 0 Å². The summed E-state index contributed by atoms with van der Waals surface area (Å²) in [5.41, 5.74) is 9.97. The Kier molecular flexibility index (Phi) is 6.97. The zero-order chi connectivity index (χ0) is 35.6. The molecule has 0 aliphatic rings. The normalized spacial score (nSPS) is 11.7. The van der Waals surface area contributed by atoms with Crippen LogP contribution in [-0.4, -0.2) is 0 Å². The molecular weight excluding hydrogens is 649 g/mol. The molecule has 0 nitrogen and oxygen atoms in total. The molecule has 250 valence electrons. The third-order valence-corrected chi connectivity index (χ3v) is 11.4. The standard InChI is InChI=1S/C54H34/c1-2-14-36(15-3-1)41-16-4-5-17-42(41)37-28-26-35-27-29-38(33-40(35)32-37)53-48-22-10-12-24-50(48)54(51-25-13-11-23-49(51)53)39-30-31-47-45-20-7-6-18-43(45)44-19-8-9-21-46(44)52(47)34-39/h1-34H. The quantitative estimate of drug-likeness (QED) is 0.128. The molecule has 0 aliphatic carbocycles. The van der Waals surface area contributed by atoms with E-state index in [1.54, 1.807) is 0 Å². The number of rotatable bonds is 4. The fourth-order valence-electron chi connectivity index (χ4n) is 8.99. The Hall–Kier alpha value is -7.02. The van der Waals surface area contributed by atoms with Crippen molar-refractivity contribution in [1.82, 2.24) is 0 Å². The van der Waals surface area contributed by atoms with Gasteiger partial charge in [0, 0.05) is 0 Å². The average molecular weight is 683 g/mol. The third-order valence-electron chi connectivity index (χ3n) is 11.4. The molecule has 11 rings (SSSR count). The lowest BCUT2D eigenvalue weighted by Gasteiger charge is -2.19. The molecule has 0 fully saturated rings. The van der Waals surface area contributed by atoms with Crippen molar-refractivity contribution >= 4 is 64.6 Å². The Balaban J connectivity index is 1.13. The summed E-state index contributed by atoms with van der Waals surface area (Å²) in [5.74, 6) is 0. The first-order valence-corrected chi connectivity index (χ1v) is 18.8. The van der Waals surface area contributed by atoms with E-state index in [0.717, 1.165) is 0 Å². The maximum absolute atomic E-state index is 2.43. The molecule has 0 saturated heterocycles. The lowest BCUT2D eigenvalue weighted by atomic mass is 9.84. The SMILES string of the molecule is c1ccc(-c2ccccc2-c2ccc3ccc(-c4c5ccccc5c(-c5ccc6c7ccccc7c7ccccc7c6c5)c5ccccc45)cc3c2)cc1. The lowest BCUT2D eigenvalue weighted by molar-refractivity contribution is 1.59. The van der Waals surface area contributed by atoms with Crippen molar-refractivity contribution in [3.8, 4) is 44.5 Å². The topological polar surface area (TPSA) is 0 Å². The molecule has 54 heavy (non-hydrogen) atoms. The largest absolute Gasteiger partial charge is 0.0622 e. The molecule has 0 saturated carbocycles. The first kappa shape index (κ1) is 30.6. The summed E-state index contributed by atoms with van der Waals surface area (Å²) in [6.07, 6.45) is 0. The molecular formula is C54H34. The molecule has 0 bridgehead atoms. The van der Waals surface area contributed by atoms with Gasteiger partial charge in [-0.05, 0) is 127 Å². The molecule has 0 N–H and O–H groups in total. The van der Waals surface area contributed by atoms with Gasteiger partial charge in [-0.1, -0.05) is 188 Å². The van der Waals surface area contributed by atoms with Gasteiger partial charge >= 0.3 is 0 Å². The van der Waals surface area contributed by atoms with E-state index in [1.807, 2.05) is 0 Å². The zero-order valence-electron chi connectivity index (χ0n) is 29.6. The molecule has 0 heteroatoms. The van der Waals surface area contributed by atoms with E-state index in [2.05, 4.69) is 206 Å². The van der Waals surface area contributed by atoms with Crippen molar-refractivity contribution in [3.05, 3.63) is 206 Å². The highest BCUT2D eigenvalue weighted by molar-refractivity contribution is 6.27.